The van der Waals surface area contributed by atoms with Crippen LogP contribution in [-0.4, -0.2) is 6.04 Å². The van der Waals surface area contributed by atoms with Gasteiger partial charge >= 0.3 is 0 Å². The van der Waals surface area contributed by atoms with Crippen molar-refractivity contribution in [1.29, 1.82) is 0 Å². The summed E-state index contributed by atoms with van der Waals surface area (Å²) in [6.07, 6.45) is 38.2. The standard InChI is InChI=1S/C58H49NOS/c1-3-14-38(15-4-1)44-36-37-45(49-19-8-7-18-48(44)49)40-28-32-42(33-29-40)59(43-34-30-41(31-35-43)46-21-11-23-51-50-20-9-10-27-55(50)60-56(46)51)54-26-13-25-53-52-24-12-22-47(57(52)61-58(53)54)39-16-5-2-6-17-39/h1-6,8-12,14-16,19-22,24-25,27-32,34-37,39,42,45,49,51H,7,13,17-18,23,26,33H2/i1D,3D,4D,14D,15D. The largest absolute Gasteiger partial charge is 0.460 e. The van der Waals surface area contributed by atoms with E-state index in [4.69, 9.17) is 11.6 Å². The monoisotopic (exact) mass is 812 g/mol. The third-order valence-electron chi connectivity index (χ3n) is 13.8. The van der Waals surface area contributed by atoms with Gasteiger partial charge in [-0.15, -0.1) is 11.3 Å². The number of rotatable bonds is 7. The molecule has 61 heavy (non-hydrogen) atoms. The molecule has 5 aromatic rings. The van der Waals surface area contributed by atoms with Crippen molar-refractivity contribution in [1.82, 2.24) is 0 Å². The Labute approximate surface area is 370 Å². The molecule has 2 nitrogen and oxygen atoms in total. The van der Waals surface area contributed by atoms with Crippen LogP contribution in [0.2, 0.25) is 0 Å². The molecule has 1 aromatic heterocycles. The number of hydrogen-bond donors (Lipinski definition) is 0. The smallest absolute Gasteiger partial charge is 0.130 e. The number of nitrogens with zero attached hydrogens (tertiary/aromatic N) is 1. The minimum atomic E-state index is -0.357. The van der Waals surface area contributed by atoms with Gasteiger partial charge < -0.3 is 9.64 Å². The lowest BCUT2D eigenvalue weighted by Gasteiger charge is -2.38. The van der Waals surface area contributed by atoms with Crippen molar-refractivity contribution >= 4 is 50.0 Å². The van der Waals surface area contributed by atoms with E-state index in [2.05, 4.69) is 151 Å². The molecule has 2 heterocycles. The maximum atomic E-state index is 8.79. The first-order valence-electron chi connectivity index (χ1n) is 24.5. The van der Waals surface area contributed by atoms with Crippen molar-refractivity contribution in [3.63, 3.8) is 0 Å². The molecule has 4 aromatic carbocycles. The van der Waals surface area contributed by atoms with E-state index >= 15 is 0 Å². The Balaban J connectivity index is 0.929. The zero-order chi connectivity index (χ0) is 44.6. The van der Waals surface area contributed by atoms with Gasteiger partial charge in [0.1, 0.15) is 11.5 Å². The molecule has 0 fully saturated rings. The number of fused-ring (bicyclic) bond motifs is 7. The fourth-order valence-electron chi connectivity index (χ4n) is 10.9. The second-order valence-corrected chi connectivity index (χ2v) is 18.1. The first-order valence-corrected chi connectivity index (χ1v) is 22.8. The Morgan fingerprint density at radius 3 is 2.44 bits per heavy atom. The van der Waals surface area contributed by atoms with Crippen LogP contribution in [0.3, 0.4) is 0 Å². The number of benzene rings is 4. The molecule has 0 N–H and O–H groups in total. The van der Waals surface area contributed by atoms with E-state index in [-0.39, 0.29) is 54.0 Å². The predicted octanol–water partition coefficient (Wildman–Crippen LogP) is 13.4. The molecule has 12 rings (SSSR count). The highest BCUT2D eigenvalue weighted by Crippen LogP contribution is 2.49. The van der Waals surface area contributed by atoms with Crippen LogP contribution in [0.5, 0.6) is 5.75 Å². The Hall–Kier alpha value is -6.16. The maximum Gasteiger partial charge on any atom is 0.130 e. The fourth-order valence-corrected chi connectivity index (χ4v) is 12.3. The second kappa shape index (κ2) is 15.4. The lowest BCUT2D eigenvalue weighted by molar-refractivity contribution is 0.429. The van der Waals surface area contributed by atoms with Crippen LogP contribution in [0.15, 0.2) is 193 Å². The third kappa shape index (κ3) is 6.36. The normalized spacial score (nSPS) is 25.7. The van der Waals surface area contributed by atoms with Crippen LogP contribution < -0.4 is 19.4 Å². The van der Waals surface area contributed by atoms with E-state index < -0.39 is 0 Å². The number of hydrogen-bond acceptors (Lipinski definition) is 3. The van der Waals surface area contributed by atoms with E-state index in [1.54, 1.807) is 0 Å². The predicted molar refractivity (Wildman–Crippen MR) is 257 cm³/mol. The molecular formula is C58H49NOS. The van der Waals surface area contributed by atoms with Crippen LogP contribution in [0.1, 0.15) is 85.9 Å². The summed E-state index contributed by atoms with van der Waals surface area (Å²) in [4.78, 5) is 2.62. The van der Waals surface area contributed by atoms with Crippen LogP contribution in [0.25, 0.3) is 33.0 Å². The van der Waals surface area contributed by atoms with Gasteiger partial charge in [0, 0.05) is 56.3 Å². The maximum absolute atomic E-state index is 8.79. The highest BCUT2D eigenvalue weighted by molar-refractivity contribution is 7.17. The Kier molecular flexibility index (Phi) is 7.99. The SMILES string of the molecule is [2H]c1c([2H])c([2H])c(C2=C3CCC=CC3C(C3=CCC(N(C4=c5sc6c(C7C=CC=CC7)cccc6c5=CCC4)c4ccc(C5=C6Oc7ccccc7C6CC=C5)cc4)C=C3)C=C2)c([2H])c1[2H]. The molecule has 0 amide bonds. The van der Waals surface area contributed by atoms with Crippen LogP contribution in [0.4, 0.5) is 5.69 Å². The van der Waals surface area contributed by atoms with Gasteiger partial charge in [-0.25, -0.2) is 0 Å². The quantitative estimate of drug-likeness (QED) is 0.152. The van der Waals surface area contributed by atoms with Crippen molar-refractivity contribution in [3.8, 4) is 5.75 Å². The molecule has 0 saturated heterocycles. The molecule has 0 saturated carbocycles. The zero-order valence-corrected chi connectivity index (χ0v) is 34.9. The van der Waals surface area contributed by atoms with Gasteiger partial charge in [-0.05, 0) is 96.2 Å². The van der Waals surface area contributed by atoms with Gasteiger partial charge in [-0.1, -0.05) is 169 Å². The van der Waals surface area contributed by atoms with Gasteiger partial charge in [0.15, 0.2) is 0 Å². The molecular weight excluding hydrogens is 759 g/mol. The van der Waals surface area contributed by atoms with E-state index in [0.29, 0.717) is 11.5 Å². The fraction of sp³-hybridized carbons (Fsp3) is 0.207. The van der Waals surface area contributed by atoms with Crippen LogP contribution in [0, 0.1) is 11.8 Å². The van der Waals surface area contributed by atoms with Gasteiger partial charge in [-0.2, -0.15) is 0 Å². The Morgan fingerprint density at radius 1 is 0.672 bits per heavy atom. The summed E-state index contributed by atoms with van der Waals surface area (Å²) in [6.45, 7) is 0. The minimum absolute atomic E-state index is 0.0428. The molecule has 5 unspecified atom stereocenters. The molecule has 0 spiro atoms. The molecule has 3 heteroatoms. The number of allylic oxidation sites excluding steroid dienone is 16. The molecule has 6 aliphatic carbocycles. The molecule has 0 radical (unpaired) electrons. The van der Waals surface area contributed by atoms with Crippen molar-refractivity contribution in [2.24, 2.45) is 11.8 Å². The summed E-state index contributed by atoms with van der Waals surface area (Å²) in [5.74, 6) is 2.74. The van der Waals surface area contributed by atoms with Crippen molar-refractivity contribution in [2.75, 3.05) is 4.90 Å². The van der Waals surface area contributed by atoms with Crippen molar-refractivity contribution in [3.05, 3.63) is 225 Å². The summed E-state index contributed by atoms with van der Waals surface area (Å²) < 4.78 is 51.9. The summed E-state index contributed by atoms with van der Waals surface area (Å²) in [5.41, 5.74) is 11.0. The molecule has 1 aliphatic heterocycles. The Morgan fingerprint density at radius 2 is 1.57 bits per heavy atom. The summed E-state index contributed by atoms with van der Waals surface area (Å²) in [6, 6.07) is 23.4. The number of ether oxygens (including phenoxy) is 1. The summed E-state index contributed by atoms with van der Waals surface area (Å²) >= 11 is 1.96. The zero-order valence-electron chi connectivity index (χ0n) is 39.0. The number of para-hydroxylation sites is 1. The van der Waals surface area contributed by atoms with E-state index in [1.165, 1.54) is 47.9 Å². The average molecular weight is 813 g/mol. The summed E-state index contributed by atoms with van der Waals surface area (Å²) in [5, 5.41) is 2.71. The van der Waals surface area contributed by atoms with E-state index in [1.807, 2.05) is 17.4 Å². The number of thiophene rings is 1. The van der Waals surface area contributed by atoms with E-state index in [0.717, 1.165) is 78.7 Å². The highest BCUT2D eigenvalue weighted by Gasteiger charge is 2.34. The average Bonchev–Trinajstić information content (AvgIpc) is 3.96. The molecule has 298 valence electrons. The van der Waals surface area contributed by atoms with E-state index in [9.17, 15) is 0 Å². The number of anilines is 1. The first kappa shape index (κ1) is 31.7. The van der Waals surface area contributed by atoms with Crippen molar-refractivity contribution in [2.45, 2.75) is 62.8 Å². The Bertz CT molecular complexity index is 3270. The highest BCUT2D eigenvalue weighted by atomic mass is 32.1. The minimum Gasteiger partial charge on any atom is -0.460 e. The third-order valence-corrected chi connectivity index (χ3v) is 15.1. The molecule has 7 aliphatic rings. The molecule has 0 bridgehead atoms. The topological polar surface area (TPSA) is 12.5 Å². The van der Waals surface area contributed by atoms with Gasteiger partial charge in [-0.3, -0.25) is 0 Å². The summed E-state index contributed by atoms with van der Waals surface area (Å²) in [7, 11) is 0. The van der Waals surface area contributed by atoms with Crippen LogP contribution >= 0.6 is 11.3 Å². The van der Waals surface area contributed by atoms with Crippen molar-refractivity contribution < 1.29 is 11.6 Å². The lowest BCUT2D eigenvalue weighted by Crippen LogP contribution is -2.40. The second-order valence-electron chi connectivity index (χ2n) is 17.1. The lowest BCUT2D eigenvalue weighted by atomic mass is 9.70. The first-order chi connectivity index (χ1) is 32.3. The molecule has 5 atom stereocenters. The van der Waals surface area contributed by atoms with Crippen LogP contribution in [-0.2, 0) is 0 Å². The van der Waals surface area contributed by atoms with Gasteiger partial charge in [0.05, 0.1) is 17.4 Å². The van der Waals surface area contributed by atoms with Gasteiger partial charge in [0.25, 0.3) is 0 Å². The van der Waals surface area contributed by atoms with Gasteiger partial charge in [0.2, 0.25) is 0 Å².